The highest BCUT2D eigenvalue weighted by Crippen LogP contribution is 2.24. The molecule has 3 nitrogen and oxygen atoms in total. The van der Waals surface area contributed by atoms with Crippen LogP contribution in [0.1, 0.15) is 47.0 Å². The summed E-state index contributed by atoms with van der Waals surface area (Å²) in [6.45, 7) is 11.7. The van der Waals surface area contributed by atoms with Crippen molar-refractivity contribution in [2.45, 2.75) is 47.0 Å². The van der Waals surface area contributed by atoms with E-state index in [4.69, 9.17) is 0 Å². The van der Waals surface area contributed by atoms with Crippen LogP contribution >= 0.6 is 12.4 Å². The molecule has 4 heteroatoms. The smallest absolute Gasteiger partial charge is 0.223 e. The number of hydrogen-bond acceptors (Lipinski definition) is 2. The second-order valence-corrected chi connectivity index (χ2v) is 6.50. The van der Waals surface area contributed by atoms with Gasteiger partial charge in [-0.2, -0.15) is 0 Å². The predicted molar refractivity (Wildman–Crippen MR) is 79.1 cm³/mol. The van der Waals surface area contributed by atoms with Gasteiger partial charge in [0.05, 0.1) is 0 Å². The van der Waals surface area contributed by atoms with Crippen LogP contribution in [-0.4, -0.2) is 25.5 Å². The Labute approximate surface area is 118 Å². The third-order valence-corrected chi connectivity index (χ3v) is 3.41. The highest BCUT2D eigenvalue weighted by Gasteiger charge is 2.24. The second kappa shape index (κ2) is 8.00. The fraction of sp³-hybridized carbons (Fsp3) is 0.929. The normalized spacial score (nSPS) is 17.4. The summed E-state index contributed by atoms with van der Waals surface area (Å²) in [6.07, 6.45) is 3.12. The Kier molecular flexibility index (Phi) is 7.88. The molecular formula is C14H29ClN2O. The summed E-state index contributed by atoms with van der Waals surface area (Å²) >= 11 is 0. The van der Waals surface area contributed by atoms with Crippen molar-refractivity contribution in [1.82, 2.24) is 10.6 Å². The van der Waals surface area contributed by atoms with Crippen LogP contribution in [0.2, 0.25) is 0 Å². The van der Waals surface area contributed by atoms with Gasteiger partial charge in [0.1, 0.15) is 0 Å². The van der Waals surface area contributed by atoms with Crippen LogP contribution < -0.4 is 10.6 Å². The molecule has 0 bridgehead atoms. The van der Waals surface area contributed by atoms with Crippen LogP contribution in [0.15, 0.2) is 0 Å². The number of amides is 1. The highest BCUT2D eigenvalue weighted by atomic mass is 35.5. The molecule has 0 aromatic rings. The van der Waals surface area contributed by atoms with E-state index in [9.17, 15) is 4.79 Å². The topological polar surface area (TPSA) is 41.1 Å². The Hall–Kier alpha value is -0.280. The largest absolute Gasteiger partial charge is 0.355 e. The lowest BCUT2D eigenvalue weighted by Crippen LogP contribution is -2.41. The van der Waals surface area contributed by atoms with E-state index >= 15 is 0 Å². The molecule has 1 rings (SSSR count). The summed E-state index contributed by atoms with van der Waals surface area (Å²) < 4.78 is 0. The highest BCUT2D eigenvalue weighted by molar-refractivity contribution is 5.85. The predicted octanol–water partition coefficient (Wildman–Crippen LogP) is 2.60. The molecule has 0 aromatic heterocycles. The van der Waals surface area contributed by atoms with Gasteiger partial charge in [-0.25, -0.2) is 0 Å². The summed E-state index contributed by atoms with van der Waals surface area (Å²) in [6, 6.07) is 0. The van der Waals surface area contributed by atoms with E-state index < -0.39 is 0 Å². The fourth-order valence-electron chi connectivity index (χ4n) is 2.73. The van der Waals surface area contributed by atoms with Crippen LogP contribution in [0.5, 0.6) is 0 Å². The molecule has 1 aliphatic rings. The minimum absolute atomic E-state index is 0. The SMILES string of the molecule is CC(C)CC(C)(C)CNC(=O)C1CCNCC1.Cl. The van der Waals surface area contributed by atoms with E-state index in [1.54, 1.807) is 0 Å². The number of hydrogen-bond donors (Lipinski definition) is 2. The average Bonchev–Trinajstić information content (AvgIpc) is 2.25. The third kappa shape index (κ3) is 6.60. The maximum atomic E-state index is 12.0. The molecule has 0 saturated carbocycles. The van der Waals surface area contributed by atoms with Gasteiger partial charge in [0.15, 0.2) is 0 Å². The van der Waals surface area contributed by atoms with Crippen LogP contribution in [0, 0.1) is 17.3 Å². The van der Waals surface area contributed by atoms with Crippen molar-refractivity contribution in [2.75, 3.05) is 19.6 Å². The molecule has 18 heavy (non-hydrogen) atoms. The Morgan fingerprint density at radius 1 is 1.33 bits per heavy atom. The van der Waals surface area contributed by atoms with Crippen molar-refractivity contribution in [1.29, 1.82) is 0 Å². The van der Waals surface area contributed by atoms with Gasteiger partial charge in [0.25, 0.3) is 0 Å². The van der Waals surface area contributed by atoms with E-state index in [0.717, 1.165) is 38.9 Å². The van der Waals surface area contributed by atoms with Crippen molar-refractivity contribution >= 4 is 18.3 Å². The van der Waals surface area contributed by atoms with E-state index in [2.05, 4.69) is 38.3 Å². The quantitative estimate of drug-likeness (QED) is 0.810. The van der Waals surface area contributed by atoms with Gasteiger partial charge in [0.2, 0.25) is 5.91 Å². The molecule has 1 heterocycles. The van der Waals surface area contributed by atoms with Crippen molar-refractivity contribution in [3.05, 3.63) is 0 Å². The molecule has 1 aliphatic heterocycles. The molecule has 108 valence electrons. The summed E-state index contributed by atoms with van der Waals surface area (Å²) in [5.41, 5.74) is 0.205. The molecule has 1 saturated heterocycles. The first kappa shape index (κ1) is 17.7. The Morgan fingerprint density at radius 2 is 1.89 bits per heavy atom. The standard InChI is InChI=1S/C14H28N2O.ClH/c1-11(2)9-14(3,4)10-16-13(17)12-5-7-15-8-6-12;/h11-12,15H,5-10H2,1-4H3,(H,16,17);1H. The van der Waals surface area contributed by atoms with Crippen molar-refractivity contribution in [2.24, 2.45) is 17.3 Å². The van der Waals surface area contributed by atoms with Gasteiger partial charge in [-0.05, 0) is 43.7 Å². The number of piperidine rings is 1. The summed E-state index contributed by atoms with van der Waals surface area (Å²) in [5.74, 6) is 1.16. The number of rotatable bonds is 5. The molecule has 0 aromatic carbocycles. The molecule has 0 unspecified atom stereocenters. The van der Waals surface area contributed by atoms with E-state index in [1.807, 2.05) is 0 Å². The van der Waals surface area contributed by atoms with E-state index in [-0.39, 0.29) is 29.6 Å². The summed E-state index contributed by atoms with van der Waals surface area (Å²) in [5, 5.41) is 6.42. The average molecular weight is 277 g/mol. The first-order valence-corrected chi connectivity index (χ1v) is 6.89. The van der Waals surface area contributed by atoms with Gasteiger partial charge in [-0.15, -0.1) is 12.4 Å². The first-order valence-electron chi connectivity index (χ1n) is 6.89. The third-order valence-electron chi connectivity index (χ3n) is 3.41. The van der Waals surface area contributed by atoms with Crippen LogP contribution in [0.3, 0.4) is 0 Å². The number of carbonyl (C=O) groups is 1. The maximum Gasteiger partial charge on any atom is 0.223 e. The van der Waals surface area contributed by atoms with E-state index in [0.29, 0.717) is 5.92 Å². The Balaban J connectivity index is 0.00000289. The van der Waals surface area contributed by atoms with Gasteiger partial charge in [-0.1, -0.05) is 27.7 Å². The summed E-state index contributed by atoms with van der Waals surface area (Å²) in [7, 11) is 0. The Morgan fingerprint density at radius 3 is 2.39 bits per heavy atom. The minimum Gasteiger partial charge on any atom is -0.355 e. The lowest BCUT2D eigenvalue weighted by molar-refractivity contribution is -0.126. The first-order chi connectivity index (χ1) is 7.91. The Bertz CT molecular complexity index is 248. The number of halogens is 1. The van der Waals surface area contributed by atoms with Gasteiger partial charge >= 0.3 is 0 Å². The zero-order valence-electron chi connectivity index (χ0n) is 12.2. The monoisotopic (exact) mass is 276 g/mol. The molecule has 1 amide bonds. The number of carbonyl (C=O) groups excluding carboxylic acids is 1. The zero-order chi connectivity index (χ0) is 12.9. The van der Waals surface area contributed by atoms with Crippen LogP contribution in [-0.2, 0) is 4.79 Å². The van der Waals surface area contributed by atoms with Gasteiger partial charge in [0, 0.05) is 12.5 Å². The van der Waals surface area contributed by atoms with Crippen molar-refractivity contribution in [3.8, 4) is 0 Å². The molecule has 0 radical (unpaired) electrons. The molecular weight excluding hydrogens is 248 g/mol. The van der Waals surface area contributed by atoms with E-state index in [1.165, 1.54) is 0 Å². The lowest BCUT2D eigenvalue weighted by atomic mass is 9.83. The van der Waals surface area contributed by atoms with Crippen LogP contribution in [0.4, 0.5) is 0 Å². The van der Waals surface area contributed by atoms with Crippen LogP contribution in [0.25, 0.3) is 0 Å². The maximum absolute atomic E-state index is 12.0. The molecule has 0 spiro atoms. The molecule has 0 atom stereocenters. The van der Waals surface area contributed by atoms with Gasteiger partial charge in [-0.3, -0.25) is 4.79 Å². The number of nitrogens with one attached hydrogen (secondary N) is 2. The fourth-order valence-corrected chi connectivity index (χ4v) is 2.73. The second-order valence-electron chi connectivity index (χ2n) is 6.50. The minimum atomic E-state index is 0. The van der Waals surface area contributed by atoms with Gasteiger partial charge < -0.3 is 10.6 Å². The van der Waals surface area contributed by atoms with Crippen molar-refractivity contribution < 1.29 is 4.79 Å². The summed E-state index contributed by atoms with van der Waals surface area (Å²) in [4.78, 5) is 12.0. The molecule has 0 aliphatic carbocycles. The van der Waals surface area contributed by atoms with Crippen molar-refractivity contribution in [3.63, 3.8) is 0 Å². The molecule has 2 N–H and O–H groups in total. The lowest BCUT2D eigenvalue weighted by Gasteiger charge is -2.29. The zero-order valence-corrected chi connectivity index (χ0v) is 13.0. The molecule has 1 fully saturated rings.